The predicted molar refractivity (Wildman–Crippen MR) is 109 cm³/mol. The zero-order valence-corrected chi connectivity index (χ0v) is 16.8. The summed E-state index contributed by atoms with van der Waals surface area (Å²) >= 11 is 10.7. The fourth-order valence-corrected chi connectivity index (χ4v) is 9.39. The molecule has 0 bridgehead atoms. The van der Waals surface area contributed by atoms with Crippen LogP contribution < -0.4 is 0 Å². The summed E-state index contributed by atoms with van der Waals surface area (Å²) in [5.41, 5.74) is 0. The normalized spacial score (nSPS) is 25.3. The maximum absolute atomic E-state index is 2.15. The lowest BCUT2D eigenvalue weighted by Gasteiger charge is -2.22. The number of thioether (sulfide) groups is 5. The molecule has 0 aromatic carbocycles. The van der Waals surface area contributed by atoms with Gasteiger partial charge in [-0.2, -0.15) is 58.8 Å². The Morgan fingerprint density at radius 2 is 1.16 bits per heavy atom. The minimum atomic E-state index is 0.960. The number of rotatable bonds is 13. The van der Waals surface area contributed by atoms with Crippen LogP contribution in [0.1, 0.15) is 0 Å². The Labute approximate surface area is 147 Å². The Morgan fingerprint density at radius 1 is 0.684 bits per heavy atom. The van der Waals surface area contributed by atoms with E-state index >= 15 is 0 Å². The molecule has 0 nitrogen and oxygen atoms in total. The van der Waals surface area contributed by atoms with Crippen LogP contribution in [0.3, 0.4) is 0 Å². The van der Waals surface area contributed by atoms with Gasteiger partial charge < -0.3 is 0 Å². The van der Waals surface area contributed by atoms with Crippen molar-refractivity contribution in [3.63, 3.8) is 0 Å². The van der Waals surface area contributed by atoms with E-state index in [2.05, 4.69) is 69.6 Å². The van der Waals surface area contributed by atoms with E-state index in [4.69, 9.17) is 0 Å². The summed E-state index contributed by atoms with van der Waals surface area (Å²) in [5.74, 6) is 13.7. The predicted octanol–water partition coefficient (Wildman–Crippen LogP) is 4.80. The molecule has 2 atom stereocenters. The zero-order chi connectivity index (χ0) is 13.2. The van der Waals surface area contributed by atoms with Crippen molar-refractivity contribution in [2.75, 3.05) is 57.5 Å². The number of hydrogen-bond acceptors (Lipinski definition) is 7. The quantitative estimate of drug-likeness (QED) is 0.248. The van der Waals surface area contributed by atoms with Gasteiger partial charge in [-0.15, -0.1) is 0 Å². The molecule has 0 radical (unpaired) electrons. The van der Waals surface area contributed by atoms with Gasteiger partial charge >= 0.3 is 0 Å². The van der Waals surface area contributed by atoms with Crippen molar-refractivity contribution in [3.05, 3.63) is 0 Å². The highest BCUT2D eigenvalue weighted by Gasteiger charge is 2.21. The molecule has 2 saturated heterocycles. The van der Waals surface area contributed by atoms with Gasteiger partial charge in [-0.05, 0) is 0 Å². The Hall–Kier alpha value is 2.45. The lowest BCUT2D eigenvalue weighted by atomic mass is 10.5. The second kappa shape index (κ2) is 11.9. The molecule has 7 heteroatoms. The van der Waals surface area contributed by atoms with Crippen molar-refractivity contribution in [2.45, 2.75) is 10.5 Å². The third-order valence-electron chi connectivity index (χ3n) is 2.58. The van der Waals surface area contributed by atoms with Gasteiger partial charge in [0.1, 0.15) is 0 Å². The summed E-state index contributed by atoms with van der Waals surface area (Å²) in [4.78, 5) is 0. The third-order valence-corrected chi connectivity index (χ3v) is 12.1. The van der Waals surface area contributed by atoms with Crippen LogP contribution >= 0.6 is 80.4 Å². The second-order valence-electron chi connectivity index (χ2n) is 4.33. The van der Waals surface area contributed by atoms with Crippen LogP contribution in [-0.4, -0.2) is 68.0 Å². The molecule has 0 aromatic rings. The van der Waals surface area contributed by atoms with Gasteiger partial charge in [0.05, 0.1) is 0 Å². The minimum absolute atomic E-state index is 0.960. The first-order valence-corrected chi connectivity index (χ1v) is 14.7. The van der Waals surface area contributed by atoms with Crippen LogP contribution in [0.15, 0.2) is 0 Å². The summed E-state index contributed by atoms with van der Waals surface area (Å²) < 4.78 is 0. The molecule has 2 aliphatic heterocycles. The van der Waals surface area contributed by atoms with E-state index in [1.165, 1.54) is 57.5 Å². The van der Waals surface area contributed by atoms with Crippen LogP contribution in [0, 0.1) is 0 Å². The van der Waals surface area contributed by atoms with E-state index in [9.17, 15) is 0 Å². The summed E-state index contributed by atoms with van der Waals surface area (Å²) in [7, 11) is 4.10. The second-order valence-corrected chi connectivity index (χ2v) is 13.1. The first-order valence-electron chi connectivity index (χ1n) is 6.66. The van der Waals surface area contributed by atoms with Crippen molar-refractivity contribution in [1.29, 1.82) is 0 Å². The molecule has 0 spiro atoms. The standard InChI is InChI=1S/C12H22S7/c1(13-3-5-15-7-11-9-17-11)2-14-4-6-16-8-12-10-18-19-12/h11-12H,1-10H2. The third kappa shape index (κ3) is 9.95. The van der Waals surface area contributed by atoms with Crippen LogP contribution in [0.5, 0.6) is 0 Å². The summed E-state index contributed by atoms with van der Waals surface area (Å²) in [6.07, 6.45) is 0. The van der Waals surface area contributed by atoms with Crippen molar-refractivity contribution in [2.24, 2.45) is 0 Å². The molecule has 19 heavy (non-hydrogen) atoms. The van der Waals surface area contributed by atoms with E-state index in [-0.39, 0.29) is 0 Å². The molecular weight excluding hydrogens is 369 g/mol. The Kier molecular flexibility index (Phi) is 11.2. The van der Waals surface area contributed by atoms with Gasteiger partial charge in [0, 0.05) is 68.0 Å². The molecule has 0 amide bonds. The number of hydrogen-bond donors (Lipinski definition) is 0. The Morgan fingerprint density at radius 3 is 1.58 bits per heavy atom. The fraction of sp³-hybridized carbons (Fsp3) is 1.00. The molecule has 0 aliphatic carbocycles. The first-order chi connectivity index (χ1) is 9.45. The van der Waals surface area contributed by atoms with Crippen molar-refractivity contribution in [1.82, 2.24) is 0 Å². The summed E-state index contributed by atoms with van der Waals surface area (Å²) in [6, 6.07) is 0. The average Bonchev–Trinajstić information content (AvgIpc) is 3.17. The van der Waals surface area contributed by atoms with Crippen LogP contribution in [0.4, 0.5) is 0 Å². The highest BCUT2D eigenvalue weighted by molar-refractivity contribution is 8.79. The molecular formula is C12H22S7. The summed E-state index contributed by atoms with van der Waals surface area (Å²) in [5, 5.41) is 1.97. The smallest absolute Gasteiger partial charge is 0.0340 e. The zero-order valence-electron chi connectivity index (χ0n) is 11.1. The van der Waals surface area contributed by atoms with E-state index in [1.807, 2.05) is 10.8 Å². The van der Waals surface area contributed by atoms with Gasteiger partial charge in [-0.25, -0.2) is 0 Å². The lowest BCUT2D eigenvalue weighted by molar-refractivity contribution is 1.15. The van der Waals surface area contributed by atoms with E-state index in [0.717, 1.165) is 10.5 Å². The van der Waals surface area contributed by atoms with Crippen molar-refractivity contribution in [3.8, 4) is 0 Å². The molecule has 0 saturated carbocycles. The topological polar surface area (TPSA) is 0 Å². The maximum atomic E-state index is 2.15. The molecule has 0 aromatic heterocycles. The fourth-order valence-electron chi connectivity index (χ4n) is 1.39. The van der Waals surface area contributed by atoms with Crippen LogP contribution in [0.25, 0.3) is 0 Å². The highest BCUT2D eigenvalue weighted by atomic mass is 33.1. The molecule has 0 N–H and O–H groups in total. The summed E-state index contributed by atoms with van der Waals surface area (Å²) in [6.45, 7) is 0. The molecule has 112 valence electrons. The monoisotopic (exact) mass is 390 g/mol. The minimum Gasteiger partial charge on any atom is -0.160 e. The highest BCUT2D eigenvalue weighted by Crippen LogP contribution is 2.41. The molecule has 2 unspecified atom stereocenters. The van der Waals surface area contributed by atoms with Gasteiger partial charge in [0.25, 0.3) is 0 Å². The van der Waals surface area contributed by atoms with E-state index < -0.39 is 0 Å². The van der Waals surface area contributed by atoms with E-state index in [0.29, 0.717) is 0 Å². The van der Waals surface area contributed by atoms with Gasteiger partial charge in [-0.3, -0.25) is 0 Å². The molecule has 2 heterocycles. The van der Waals surface area contributed by atoms with Crippen LogP contribution in [-0.2, 0) is 0 Å². The van der Waals surface area contributed by atoms with Crippen LogP contribution in [0.2, 0.25) is 0 Å². The molecule has 2 rings (SSSR count). The van der Waals surface area contributed by atoms with Crippen molar-refractivity contribution < 1.29 is 0 Å². The van der Waals surface area contributed by atoms with E-state index in [1.54, 1.807) is 0 Å². The maximum Gasteiger partial charge on any atom is 0.0340 e. The van der Waals surface area contributed by atoms with Gasteiger partial charge in [-0.1, -0.05) is 21.6 Å². The lowest BCUT2D eigenvalue weighted by Crippen LogP contribution is -2.15. The Bertz CT molecular complexity index is 218. The molecule has 2 fully saturated rings. The van der Waals surface area contributed by atoms with Gasteiger partial charge in [0.2, 0.25) is 0 Å². The molecule has 2 aliphatic rings. The largest absolute Gasteiger partial charge is 0.160 e. The van der Waals surface area contributed by atoms with Gasteiger partial charge in [0.15, 0.2) is 0 Å². The first kappa shape index (κ1) is 17.8. The average molecular weight is 391 g/mol. The van der Waals surface area contributed by atoms with Crippen molar-refractivity contribution >= 4 is 80.4 Å². The SMILES string of the molecule is C(CSCCSCC1CSS1)SCCSCC1CS1. The Balaban J connectivity index is 1.20.